The van der Waals surface area contributed by atoms with Gasteiger partial charge < -0.3 is 14.2 Å². The fourth-order valence-corrected chi connectivity index (χ4v) is 0.797. The van der Waals surface area contributed by atoms with Crippen LogP contribution in [0.5, 0.6) is 0 Å². The lowest BCUT2D eigenvalue weighted by Crippen LogP contribution is -2.26. The van der Waals surface area contributed by atoms with Gasteiger partial charge in [0.2, 0.25) is 6.79 Å². The zero-order valence-corrected chi connectivity index (χ0v) is 10.9. The Hall–Kier alpha value is -1.63. The smallest absolute Gasteiger partial charge is 0.311 e. The van der Waals surface area contributed by atoms with Crippen LogP contribution < -0.4 is 0 Å². The first kappa shape index (κ1) is 15.4. The van der Waals surface area contributed by atoms with Crippen molar-refractivity contribution < 1.29 is 19.0 Å². The molecule has 0 fully saturated rings. The molecule has 0 radical (unpaired) electrons. The van der Waals surface area contributed by atoms with Crippen LogP contribution in [0.2, 0.25) is 0 Å². The molecule has 0 bridgehead atoms. The number of carbonyl (C=O) groups is 1. The third-order valence-corrected chi connectivity index (χ3v) is 2.36. The lowest BCUT2D eigenvalue weighted by Gasteiger charge is -2.20. The lowest BCUT2D eigenvalue weighted by atomic mass is 9.91. The van der Waals surface area contributed by atoms with Crippen molar-refractivity contribution in [3.63, 3.8) is 0 Å². The molecule has 96 valence electrons. The van der Waals surface area contributed by atoms with Gasteiger partial charge in [-0.3, -0.25) is 4.79 Å². The molecule has 0 heterocycles. The van der Waals surface area contributed by atoms with Crippen LogP contribution in [0.4, 0.5) is 0 Å². The Bertz CT molecular complexity index is 310. The van der Waals surface area contributed by atoms with Crippen LogP contribution in [-0.2, 0) is 19.0 Å². The highest BCUT2D eigenvalue weighted by Gasteiger charge is 2.26. The monoisotopic (exact) mass is 240 g/mol. The van der Waals surface area contributed by atoms with E-state index in [0.29, 0.717) is 0 Å². The molecule has 17 heavy (non-hydrogen) atoms. The van der Waals surface area contributed by atoms with Gasteiger partial charge in [-0.25, -0.2) is 0 Å². The second-order valence-electron chi connectivity index (χ2n) is 4.32. The van der Waals surface area contributed by atoms with Crippen molar-refractivity contribution in [2.45, 2.75) is 34.1 Å². The van der Waals surface area contributed by atoms with Crippen LogP contribution in [0.1, 0.15) is 34.1 Å². The molecular weight excluding hydrogens is 220 g/mol. The number of ether oxygens (including phenoxy) is 3. The van der Waals surface area contributed by atoms with E-state index < -0.39 is 5.41 Å². The van der Waals surface area contributed by atoms with Crippen LogP contribution >= 0.6 is 0 Å². The zero-order chi connectivity index (χ0) is 13.3. The summed E-state index contributed by atoms with van der Waals surface area (Å²) in [4.78, 5) is 11.6. The van der Waals surface area contributed by atoms with E-state index in [1.54, 1.807) is 6.92 Å². The molecule has 0 rings (SSSR count). The Balaban J connectivity index is 3.96. The van der Waals surface area contributed by atoms with E-state index in [4.69, 9.17) is 15.9 Å². The summed E-state index contributed by atoms with van der Waals surface area (Å²) >= 11 is 0. The molecule has 0 N–H and O–H groups in total. The van der Waals surface area contributed by atoms with Gasteiger partial charge in [-0.2, -0.15) is 0 Å². The highest BCUT2D eigenvalue weighted by atomic mass is 16.7. The number of esters is 1. The number of rotatable bonds is 7. The summed E-state index contributed by atoms with van der Waals surface area (Å²) < 4.78 is 14.6. The Morgan fingerprint density at radius 2 is 2.12 bits per heavy atom. The highest BCUT2D eigenvalue weighted by Crippen LogP contribution is 2.21. The minimum absolute atomic E-state index is 0.0117. The summed E-state index contributed by atoms with van der Waals surface area (Å²) in [6, 6.07) is 0. The van der Waals surface area contributed by atoms with Gasteiger partial charge in [0.25, 0.3) is 0 Å². The van der Waals surface area contributed by atoms with Gasteiger partial charge in [0, 0.05) is 0 Å². The predicted molar refractivity (Wildman–Crippen MR) is 64.7 cm³/mol. The van der Waals surface area contributed by atoms with Gasteiger partial charge in [-0.15, -0.1) is 0 Å². The van der Waals surface area contributed by atoms with Crippen molar-refractivity contribution >= 4 is 5.97 Å². The molecule has 0 aliphatic carbocycles. The van der Waals surface area contributed by atoms with Crippen molar-refractivity contribution in [3.8, 4) is 12.5 Å². The van der Waals surface area contributed by atoms with Crippen molar-refractivity contribution in [1.82, 2.24) is 0 Å². The van der Waals surface area contributed by atoms with Crippen molar-refractivity contribution in [1.29, 1.82) is 0 Å². The Kier molecular flexibility index (Phi) is 6.88. The summed E-state index contributed by atoms with van der Waals surface area (Å²) in [6.45, 7) is 7.64. The average Bonchev–Trinajstić information content (AvgIpc) is 2.31. The lowest BCUT2D eigenvalue weighted by molar-refractivity contribution is -0.153. The van der Waals surface area contributed by atoms with Gasteiger partial charge in [-0.05, 0) is 32.8 Å². The molecule has 0 spiro atoms. The molecule has 0 aromatic rings. The Labute approximate surface area is 103 Å². The van der Waals surface area contributed by atoms with E-state index >= 15 is 0 Å². The average molecular weight is 240 g/mol. The van der Waals surface area contributed by atoms with Crippen LogP contribution in [0, 0.1) is 17.9 Å². The summed E-state index contributed by atoms with van der Waals surface area (Å²) in [5, 5.41) is 0. The van der Waals surface area contributed by atoms with E-state index in [1.807, 2.05) is 26.9 Å². The summed E-state index contributed by atoms with van der Waals surface area (Å²) in [5.74, 6) is -0.215. The quantitative estimate of drug-likeness (QED) is 0.225. The molecule has 0 atom stereocenters. The fourth-order valence-electron chi connectivity index (χ4n) is 0.797. The van der Waals surface area contributed by atoms with Gasteiger partial charge in [-0.1, -0.05) is 13.3 Å². The molecule has 0 aliphatic heterocycles. The molecule has 4 heteroatoms. The minimum Gasteiger partial charge on any atom is -0.464 e. The van der Waals surface area contributed by atoms with Gasteiger partial charge in [0.1, 0.15) is 12.7 Å². The molecule has 0 saturated carbocycles. The molecule has 4 nitrogen and oxygen atoms in total. The van der Waals surface area contributed by atoms with Crippen LogP contribution in [0.3, 0.4) is 0 Å². The Morgan fingerprint density at radius 1 is 1.47 bits per heavy atom. The van der Waals surface area contributed by atoms with Crippen LogP contribution in [0.25, 0.3) is 0 Å². The Morgan fingerprint density at radius 3 is 2.65 bits per heavy atom. The van der Waals surface area contributed by atoms with E-state index in [-0.39, 0.29) is 19.4 Å². The van der Waals surface area contributed by atoms with Crippen molar-refractivity contribution in [3.05, 3.63) is 11.8 Å². The van der Waals surface area contributed by atoms with Gasteiger partial charge in [0.15, 0.2) is 0 Å². The topological polar surface area (TPSA) is 44.8 Å². The predicted octanol–water partition coefficient (Wildman–Crippen LogP) is 2.45. The standard InChI is InChI=1S/C13H20O4/c1-6-13(4,5)12(14)17-9-11(3)8-16-10-15-7-2/h2,8H,6,9-10H2,1,3-5H3/b11-8+. The maximum Gasteiger partial charge on any atom is 0.311 e. The maximum atomic E-state index is 11.6. The number of hydrogen-bond donors (Lipinski definition) is 0. The minimum atomic E-state index is -0.451. The second kappa shape index (κ2) is 7.61. The number of carbonyl (C=O) groups excluding carboxylic acids is 1. The SMILES string of the molecule is C#COCO/C=C(\C)COC(=O)C(C)(C)CC. The van der Waals surface area contributed by atoms with E-state index in [1.165, 1.54) is 6.26 Å². The highest BCUT2D eigenvalue weighted by molar-refractivity contribution is 5.75. The fraction of sp³-hybridized carbons (Fsp3) is 0.615. The first-order valence-corrected chi connectivity index (χ1v) is 5.46. The molecule has 0 aliphatic rings. The van der Waals surface area contributed by atoms with Crippen LogP contribution in [-0.4, -0.2) is 19.4 Å². The first-order valence-electron chi connectivity index (χ1n) is 5.46. The van der Waals surface area contributed by atoms with Gasteiger partial charge >= 0.3 is 5.97 Å². The largest absolute Gasteiger partial charge is 0.464 e. The van der Waals surface area contributed by atoms with Gasteiger partial charge in [0.05, 0.1) is 11.7 Å². The molecular formula is C13H20O4. The number of terminal acetylenes is 1. The second-order valence-corrected chi connectivity index (χ2v) is 4.32. The molecule has 0 unspecified atom stereocenters. The summed E-state index contributed by atoms with van der Waals surface area (Å²) in [7, 11) is 0. The molecule has 0 aromatic heterocycles. The molecule has 0 saturated heterocycles. The maximum absolute atomic E-state index is 11.6. The third-order valence-electron chi connectivity index (χ3n) is 2.36. The summed E-state index contributed by atoms with van der Waals surface area (Å²) in [6.07, 6.45) is 9.04. The van der Waals surface area contributed by atoms with E-state index in [2.05, 4.69) is 4.74 Å². The zero-order valence-electron chi connectivity index (χ0n) is 10.9. The normalized spacial score (nSPS) is 11.6. The molecule has 0 amide bonds. The third kappa shape index (κ3) is 6.52. The van der Waals surface area contributed by atoms with Crippen LogP contribution in [0.15, 0.2) is 11.8 Å². The van der Waals surface area contributed by atoms with Crippen molar-refractivity contribution in [2.75, 3.05) is 13.4 Å². The van der Waals surface area contributed by atoms with E-state index in [0.717, 1.165) is 12.0 Å². The number of hydrogen-bond acceptors (Lipinski definition) is 4. The van der Waals surface area contributed by atoms with E-state index in [9.17, 15) is 4.79 Å². The molecule has 0 aromatic carbocycles. The first-order chi connectivity index (χ1) is 7.94. The van der Waals surface area contributed by atoms with Crippen molar-refractivity contribution in [2.24, 2.45) is 5.41 Å². The summed E-state index contributed by atoms with van der Waals surface area (Å²) in [5.41, 5.74) is 0.333.